The number of nitrogens with one attached hydrogen (secondary N) is 1. The average molecular weight is 289 g/mol. The van der Waals surface area contributed by atoms with Gasteiger partial charge in [-0.25, -0.2) is 0 Å². The summed E-state index contributed by atoms with van der Waals surface area (Å²) in [6, 6.07) is 9.23. The summed E-state index contributed by atoms with van der Waals surface area (Å²) in [6.07, 6.45) is 0. The number of oxime groups is 1. The van der Waals surface area contributed by atoms with Gasteiger partial charge in [-0.3, -0.25) is 0 Å². The van der Waals surface area contributed by atoms with E-state index in [0.29, 0.717) is 18.7 Å². The van der Waals surface area contributed by atoms with Crippen molar-refractivity contribution in [2.75, 3.05) is 7.11 Å². The highest BCUT2D eigenvalue weighted by Crippen LogP contribution is 2.20. The Labute approximate surface area is 123 Å². The van der Waals surface area contributed by atoms with Crippen LogP contribution in [0.2, 0.25) is 0 Å². The van der Waals surface area contributed by atoms with Crippen LogP contribution in [0.4, 0.5) is 0 Å². The van der Waals surface area contributed by atoms with Gasteiger partial charge in [-0.05, 0) is 37.3 Å². The lowest BCUT2D eigenvalue weighted by molar-refractivity contribution is 0.318. The highest BCUT2D eigenvalue weighted by molar-refractivity contribution is 5.97. The number of methoxy groups -OCH3 is 1. The van der Waals surface area contributed by atoms with Gasteiger partial charge in [0, 0.05) is 17.7 Å². The lowest BCUT2D eigenvalue weighted by Gasteiger charge is -2.11. The summed E-state index contributed by atoms with van der Waals surface area (Å²) in [5, 5.41) is 15.0. The van der Waals surface area contributed by atoms with Crippen LogP contribution < -0.4 is 15.8 Å². The molecule has 1 aromatic carbocycles. The van der Waals surface area contributed by atoms with Gasteiger partial charge in [0.15, 0.2) is 5.84 Å². The fourth-order valence-corrected chi connectivity index (χ4v) is 2.03. The highest BCUT2D eigenvalue weighted by atomic mass is 16.5. The maximum atomic E-state index is 8.74. The molecule has 21 heavy (non-hydrogen) atoms. The predicted octanol–water partition coefficient (Wildman–Crippen LogP) is 1.98. The lowest BCUT2D eigenvalue weighted by Crippen LogP contribution is -2.16. The molecule has 4 N–H and O–H groups in total. The number of rotatable bonds is 6. The number of amidine groups is 1. The highest BCUT2D eigenvalue weighted by Gasteiger charge is 2.07. The average Bonchev–Trinajstić information content (AvgIpc) is 2.91. The molecule has 0 aliphatic heterocycles. The van der Waals surface area contributed by atoms with E-state index in [1.807, 2.05) is 25.1 Å². The van der Waals surface area contributed by atoms with Crippen molar-refractivity contribution in [3.63, 3.8) is 0 Å². The number of nitrogens with two attached hydrogens (primary N) is 1. The van der Waals surface area contributed by atoms with Crippen molar-refractivity contribution < 1.29 is 14.4 Å². The van der Waals surface area contributed by atoms with Gasteiger partial charge in [0.2, 0.25) is 0 Å². The molecule has 0 aliphatic rings. The molecule has 6 heteroatoms. The summed E-state index contributed by atoms with van der Waals surface area (Å²) < 4.78 is 10.8. The van der Waals surface area contributed by atoms with Crippen LogP contribution in [0.1, 0.15) is 22.6 Å². The topological polar surface area (TPSA) is 93.0 Å². The van der Waals surface area contributed by atoms with Gasteiger partial charge in [-0.2, -0.15) is 0 Å². The minimum atomic E-state index is 0.0700. The smallest absolute Gasteiger partial charge is 0.170 e. The van der Waals surface area contributed by atoms with Crippen LogP contribution in [0, 0.1) is 6.92 Å². The van der Waals surface area contributed by atoms with Gasteiger partial charge in [0.1, 0.15) is 17.3 Å². The summed E-state index contributed by atoms with van der Waals surface area (Å²) in [5.74, 6) is 2.57. The zero-order chi connectivity index (χ0) is 15.2. The number of ether oxygens (including phenoxy) is 1. The van der Waals surface area contributed by atoms with E-state index in [0.717, 1.165) is 22.8 Å². The van der Waals surface area contributed by atoms with Crippen LogP contribution in [-0.2, 0) is 13.1 Å². The largest absolute Gasteiger partial charge is 0.496 e. The van der Waals surface area contributed by atoms with Crippen LogP contribution in [0.5, 0.6) is 5.75 Å². The first kappa shape index (κ1) is 14.9. The van der Waals surface area contributed by atoms with Gasteiger partial charge >= 0.3 is 0 Å². The van der Waals surface area contributed by atoms with Crippen molar-refractivity contribution in [1.82, 2.24) is 5.32 Å². The second-order valence-electron chi connectivity index (χ2n) is 4.63. The first-order valence-electron chi connectivity index (χ1n) is 6.55. The van der Waals surface area contributed by atoms with E-state index in [2.05, 4.69) is 10.5 Å². The second kappa shape index (κ2) is 6.81. The normalized spacial score (nSPS) is 11.6. The molecule has 2 aromatic rings. The maximum absolute atomic E-state index is 8.74. The number of furan rings is 1. The molecule has 0 atom stereocenters. The molecule has 0 amide bonds. The Balaban J connectivity index is 2.06. The van der Waals surface area contributed by atoms with Crippen LogP contribution in [0.25, 0.3) is 0 Å². The molecule has 2 rings (SSSR count). The minimum Gasteiger partial charge on any atom is -0.496 e. The van der Waals surface area contributed by atoms with Crippen molar-refractivity contribution in [2.45, 2.75) is 20.0 Å². The zero-order valence-corrected chi connectivity index (χ0v) is 12.1. The summed E-state index contributed by atoms with van der Waals surface area (Å²) >= 11 is 0. The molecular weight excluding hydrogens is 270 g/mol. The van der Waals surface area contributed by atoms with Crippen LogP contribution in [-0.4, -0.2) is 18.2 Å². The van der Waals surface area contributed by atoms with Crippen molar-refractivity contribution in [1.29, 1.82) is 0 Å². The van der Waals surface area contributed by atoms with Crippen molar-refractivity contribution >= 4 is 5.84 Å². The third kappa shape index (κ3) is 3.76. The Kier molecular flexibility index (Phi) is 4.84. The van der Waals surface area contributed by atoms with E-state index in [4.69, 9.17) is 20.1 Å². The van der Waals surface area contributed by atoms with Crippen LogP contribution >= 0.6 is 0 Å². The quantitative estimate of drug-likeness (QED) is 0.327. The monoisotopic (exact) mass is 289 g/mol. The molecule has 0 aliphatic carbocycles. The molecule has 6 nitrogen and oxygen atoms in total. The van der Waals surface area contributed by atoms with E-state index in [9.17, 15) is 0 Å². The number of hydrogen-bond acceptors (Lipinski definition) is 5. The van der Waals surface area contributed by atoms with Crippen molar-refractivity contribution in [3.8, 4) is 5.75 Å². The molecule has 112 valence electrons. The molecule has 0 fully saturated rings. The fraction of sp³-hybridized carbons (Fsp3) is 0.267. The summed E-state index contributed by atoms with van der Waals surface area (Å²) in [6.45, 7) is 3.10. The number of nitrogens with zero attached hydrogens (tertiary/aromatic N) is 1. The Morgan fingerprint density at radius 2 is 2.14 bits per heavy atom. The minimum absolute atomic E-state index is 0.0700. The molecule has 0 radical (unpaired) electrons. The van der Waals surface area contributed by atoms with E-state index < -0.39 is 0 Å². The third-order valence-corrected chi connectivity index (χ3v) is 3.09. The van der Waals surface area contributed by atoms with Gasteiger partial charge in [0.25, 0.3) is 0 Å². The molecule has 1 aromatic heterocycles. The van der Waals surface area contributed by atoms with Gasteiger partial charge in [0.05, 0.1) is 13.7 Å². The lowest BCUT2D eigenvalue weighted by atomic mass is 10.1. The third-order valence-electron chi connectivity index (χ3n) is 3.09. The van der Waals surface area contributed by atoms with Crippen LogP contribution in [0.3, 0.4) is 0 Å². The predicted molar refractivity (Wildman–Crippen MR) is 79.5 cm³/mol. The SMILES string of the molecule is COc1ccc(/C(N)=N/O)cc1CNCc1ccc(C)o1. The first-order chi connectivity index (χ1) is 10.1. The fourth-order valence-electron chi connectivity index (χ4n) is 2.03. The van der Waals surface area contributed by atoms with Gasteiger partial charge < -0.3 is 25.4 Å². The summed E-state index contributed by atoms with van der Waals surface area (Å²) in [5.41, 5.74) is 7.16. The molecular formula is C15H19N3O3. The maximum Gasteiger partial charge on any atom is 0.170 e. The van der Waals surface area contributed by atoms with E-state index in [1.54, 1.807) is 19.2 Å². The molecule has 1 heterocycles. The van der Waals surface area contributed by atoms with E-state index in [1.165, 1.54) is 0 Å². The Bertz CT molecular complexity index is 635. The Hall–Kier alpha value is -2.47. The van der Waals surface area contributed by atoms with E-state index in [-0.39, 0.29) is 5.84 Å². The molecule has 0 spiro atoms. The molecule has 0 saturated carbocycles. The number of hydrogen-bond donors (Lipinski definition) is 3. The first-order valence-corrected chi connectivity index (χ1v) is 6.55. The van der Waals surface area contributed by atoms with Crippen molar-refractivity contribution in [2.24, 2.45) is 10.9 Å². The van der Waals surface area contributed by atoms with Gasteiger partial charge in [-0.1, -0.05) is 5.16 Å². The Morgan fingerprint density at radius 3 is 2.76 bits per heavy atom. The van der Waals surface area contributed by atoms with Crippen LogP contribution in [0.15, 0.2) is 39.9 Å². The van der Waals surface area contributed by atoms with Gasteiger partial charge in [-0.15, -0.1) is 0 Å². The number of benzene rings is 1. The number of aryl methyl sites for hydroxylation is 1. The Morgan fingerprint density at radius 1 is 1.33 bits per heavy atom. The molecule has 0 saturated heterocycles. The summed E-state index contributed by atoms with van der Waals surface area (Å²) in [4.78, 5) is 0. The van der Waals surface area contributed by atoms with E-state index >= 15 is 0 Å². The second-order valence-corrected chi connectivity index (χ2v) is 4.63. The molecule has 0 bridgehead atoms. The zero-order valence-electron chi connectivity index (χ0n) is 12.1. The van der Waals surface area contributed by atoms with Crippen molar-refractivity contribution in [3.05, 3.63) is 53.0 Å². The standard InChI is InChI=1S/C15H19N3O3/c1-10-3-5-13(21-10)9-17-8-12-7-11(15(16)18-19)4-6-14(12)20-2/h3-7,17,19H,8-9H2,1-2H3,(H2,16,18). The molecule has 0 unspecified atom stereocenters. The summed E-state index contributed by atoms with van der Waals surface area (Å²) in [7, 11) is 1.61.